The van der Waals surface area contributed by atoms with E-state index in [2.05, 4.69) is 5.10 Å². The lowest BCUT2D eigenvalue weighted by Gasteiger charge is -1.85. The smallest absolute Gasteiger partial charge is 0.153 e. The van der Waals surface area contributed by atoms with Crippen molar-refractivity contribution in [2.75, 3.05) is 0 Å². The molecule has 1 aromatic heterocycles. The average molecular weight is 138 g/mol. The summed E-state index contributed by atoms with van der Waals surface area (Å²) in [5.74, 6) is 0. The van der Waals surface area contributed by atoms with Crippen molar-refractivity contribution in [2.24, 2.45) is 7.05 Å². The summed E-state index contributed by atoms with van der Waals surface area (Å²) in [4.78, 5) is 10.3. The molecule has 0 aliphatic carbocycles. The summed E-state index contributed by atoms with van der Waals surface area (Å²) in [5.41, 5.74) is 1.57. The Balaban J connectivity index is 3.08. The number of rotatable bonds is 2. The average Bonchev–Trinajstić information content (AvgIpc) is 2.30. The van der Waals surface area contributed by atoms with Crippen molar-refractivity contribution >= 4 is 6.29 Å². The normalized spacial score (nSPS) is 9.80. The monoisotopic (exact) mass is 138 g/mol. The number of carbonyl (C=O) groups excluding carboxylic acids is 1. The molecule has 0 radical (unpaired) electrons. The molecule has 10 heavy (non-hydrogen) atoms. The molecule has 0 amide bonds. The van der Waals surface area contributed by atoms with Crippen molar-refractivity contribution in [3.63, 3.8) is 0 Å². The van der Waals surface area contributed by atoms with Gasteiger partial charge < -0.3 is 0 Å². The first-order valence-electron chi connectivity index (χ1n) is 3.25. The highest BCUT2D eigenvalue weighted by Gasteiger charge is 2.02. The molecule has 0 aromatic carbocycles. The van der Waals surface area contributed by atoms with Crippen LogP contribution in [0.1, 0.15) is 23.0 Å². The molecule has 0 aliphatic heterocycles. The van der Waals surface area contributed by atoms with Crippen molar-refractivity contribution in [1.82, 2.24) is 9.78 Å². The van der Waals surface area contributed by atoms with Gasteiger partial charge in [0.1, 0.15) is 0 Å². The van der Waals surface area contributed by atoms with Crippen LogP contribution in [0.2, 0.25) is 0 Å². The minimum atomic E-state index is 0.699. The van der Waals surface area contributed by atoms with E-state index >= 15 is 0 Å². The topological polar surface area (TPSA) is 34.9 Å². The zero-order valence-corrected chi connectivity index (χ0v) is 6.16. The molecule has 0 fully saturated rings. The molecule has 54 valence electrons. The van der Waals surface area contributed by atoms with E-state index in [4.69, 9.17) is 0 Å². The first-order chi connectivity index (χ1) is 4.77. The SMILES string of the molecule is CCc1nn(C)cc1C=O. The summed E-state index contributed by atoms with van der Waals surface area (Å²) in [6, 6.07) is 0. The van der Waals surface area contributed by atoms with Crippen LogP contribution in [0.5, 0.6) is 0 Å². The summed E-state index contributed by atoms with van der Waals surface area (Å²) in [5, 5.41) is 4.09. The van der Waals surface area contributed by atoms with Gasteiger partial charge in [0.05, 0.1) is 11.3 Å². The second-order valence-electron chi connectivity index (χ2n) is 2.18. The van der Waals surface area contributed by atoms with E-state index in [-0.39, 0.29) is 0 Å². The third-order valence-corrected chi connectivity index (χ3v) is 1.40. The lowest BCUT2D eigenvalue weighted by Crippen LogP contribution is -1.89. The van der Waals surface area contributed by atoms with Crippen LogP contribution < -0.4 is 0 Å². The Labute approximate surface area is 59.7 Å². The summed E-state index contributed by atoms with van der Waals surface area (Å²) >= 11 is 0. The Hall–Kier alpha value is -1.12. The van der Waals surface area contributed by atoms with E-state index in [0.717, 1.165) is 18.4 Å². The molecule has 1 heterocycles. The van der Waals surface area contributed by atoms with Crippen LogP contribution in [-0.4, -0.2) is 16.1 Å². The van der Waals surface area contributed by atoms with E-state index in [9.17, 15) is 4.79 Å². The molecular weight excluding hydrogens is 128 g/mol. The minimum absolute atomic E-state index is 0.699. The van der Waals surface area contributed by atoms with E-state index < -0.39 is 0 Å². The van der Waals surface area contributed by atoms with Gasteiger partial charge >= 0.3 is 0 Å². The maximum atomic E-state index is 10.3. The zero-order chi connectivity index (χ0) is 7.56. The molecular formula is C7H10N2O. The van der Waals surface area contributed by atoms with Crippen LogP contribution in [-0.2, 0) is 13.5 Å². The van der Waals surface area contributed by atoms with Gasteiger partial charge in [-0.25, -0.2) is 0 Å². The van der Waals surface area contributed by atoms with Crippen molar-refractivity contribution in [3.05, 3.63) is 17.5 Å². The van der Waals surface area contributed by atoms with Gasteiger partial charge in [0.25, 0.3) is 0 Å². The highest BCUT2D eigenvalue weighted by molar-refractivity contribution is 5.75. The summed E-state index contributed by atoms with van der Waals surface area (Å²) in [7, 11) is 1.81. The number of hydrogen-bond acceptors (Lipinski definition) is 2. The predicted molar refractivity (Wildman–Crippen MR) is 38.0 cm³/mol. The van der Waals surface area contributed by atoms with Gasteiger partial charge in [-0.05, 0) is 6.42 Å². The highest BCUT2D eigenvalue weighted by atomic mass is 16.1. The number of aryl methyl sites for hydroxylation is 2. The molecule has 0 saturated heterocycles. The van der Waals surface area contributed by atoms with Gasteiger partial charge in [0.15, 0.2) is 6.29 Å². The predicted octanol–water partition coefficient (Wildman–Crippen LogP) is 0.795. The van der Waals surface area contributed by atoms with Crippen LogP contribution in [0.15, 0.2) is 6.20 Å². The van der Waals surface area contributed by atoms with Gasteiger partial charge in [-0.2, -0.15) is 5.10 Å². The Morgan fingerprint density at radius 3 is 2.90 bits per heavy atom. The van der Waals surface area contributed by atoms with E-state index in [1.807, 2.05) is 14.0 Å². The molecule has 3 nitrogen and oxygen atoms in total. The number of nitrogens with zero attached hydrogens (tertiary/aromatic N) is 2. The highest BCUT2D eigenvalue weighted by Crippen LogP contribution is 2.02. The van der Waals surface area contributed by atoms with Crippen LogP contribution in [0.3, 0.4) is 0 Å². The van der Waals surface area contributed by atoms with Crippen LogP contribution in [0.4, 0.5) is 0 Å². The quantitative estimate of drug-likeness (QED) is 0.566. The Morgan fingerprint density at radius 1 is 1.80 bits per heavy atom. The molecule has 0 spiro atoms. The first kappa shape index (κ1) is 6.99. The summed E-state index contributed by atoms with van der Waals surface area (Å²) < 4.78 is 1.66. The van der Waals surface area contributed by atoms with Gasteiger partial charge in [-0.3, -0.25) is 9.48 Å². The summed E-state index contributed by atoms with van der Waals surface area (Å²) in [6.07, 6.45) is 3.38. The Bertz CT molecular complexity index is 240. The maximum absolute atomic E-state index is 10.3. The van der Waals surface area contributed by atoms with Crippen molar-refractivity contribution in [1.29, 1.82) is 0 Å². The number of hydrogen-bond donors (Lipinski definition) is 0. The van der Waals surface area contributed by atoms with Crippen LogP contribution in [0.25, 0.3) is 0 Å². The largest absolute Gasteiger partial charge is 0.298 e. The third kappa shape index (κ3) is 1.07. The van der Waals surface area contributed by atoms with Crippen molar-refractivity contribution < 1.29 is 4.79 Å². The van der Waals surface area contributed by atoms with E-state index in [1.54, 1.807) is 10.9 Å². The van der Waals surface area contributed by atoms with Crippen molar-refractivity contribution in [3.8, 4) is 0 Å². The molecule has 0 N–H and O–H groups in total. The lowest BCUT2D eigenvalue weighted by atomic mass is 10.2. The lowest BCUT2D eigenvalue weighted by molar-refractivity contribution is 0.112. The van der Waals surface area contributed by atoms with Crippen LogP contribution >= 0.6 is 0 Å². The second-order valence-corrected chi connectivity index (χ2v) is 2.18. The Kier molecular flexibility index (Phi) is 1.85. The maximum Gasteiger partial charge on any atom is 0.153 e. The van der Waals surface area contributed by atoms with E-state index in [0.29, 0.717) is 5.56 Å². The van der Waals surface area contributed by atoms with Gasteiger partial charge in [-0.1, -0.05) is 6.92 Å². The summed E-state index contributed by atoms with van der Waals surface area (Å²) in [6.45, 7) is 1.98. The Morgan fingerprint density at radius 2 is 2.50 bits per heavy atom. The molecule has 0 bridgehead atoms. The fourth-order valence-electron chi connectivity index (χ4n) is 0.926. The van der Waals surface area contributed by atoms with Gasteiger partial charge in [-0.15, -0.1) is 0 Å². The fraction of sp³-hybridized carbons (Fsp3) is 0.429. The second kappa shape index (κ2) is 2.64. The third-order valence-electron chi connectivity index (χ3n) is 1.40. The zero-order valence-electron chi connectivity index (χ0n) is 6.16. The van der Waals surface area contributed by atoms with Gasteiger partial charge in [0, 0.05) is 13.2 Å². The van der Waals surface area contributed by atoms with Gasteiger partial charge in [0.2, 0.25) is 0 Å². The van der Waals surface area contributed by atoms with Crippen LogP contribution in [0, 0.1) is 0 Å². The molecule has 0 saturated carbocycles. The standard InChI is InChI=1S/C7H10N2O/c1-3-7-6(5-10)4-9(2)8-7/h4-5H,3H2,1-2H3. The number of aldehydes is 1. The molecule has 3 heteroatoms. The van der Waals surface area contributed by atoms with E-state index in [1.165, 1.54) is 0 Å². The first-order valence-corrected chi connectivity index (χ1v) is 3.25. The molecule has 1 rings (SSSR count). The fourth-order valence-corrected chi connectivity index (χ4v) is 0.926. The molecule has 1 aromatic rings. The molecule has 0 aliphatic rings. The van der Waals surface area contributed by atoms with Crippen molar-refractivity contribution in [2.45, 2.75) is 13.3 Å². The number of carbonyl (C=O) groups is 1. The minimum Gasteiger partial charge on any atom is -0.298 e. The number of aromatic nitrogens is 2. The molecule has 0 unspecified atom stereocenters. The molecule has 0 atom stereocenters.